The van der Waals surface area contributed by atoms with Gasteiger partial charge in [0.25, 0.3) is 0 Å². The van der Waals surface area contributed by atoms with Gasteiger partial charge in [-0.2, -0.15) is 13.2 Å². The normalized spacial score (nSPS) is 25.2. The summed E-state index contributed by atoms with van der Waals surface area (Å²) in [6, 6.07) is 6.32. The Labute approximate surface area is 102 Å². The van der Waals surface area contributed by atoms with Crippen molar-refractivity contribution in [1.29, 1.82) is 0 Å². The third kappa shape index (κ3) is 3.39. The van der Waals surface area contributed by atoms with E-state index in [9.17, 15) is 18.3 Å². The highest BCUT2D eigenvalue weighted by Crippen LogP contribution is 2.39. The molecule has 1 fully saturated rings. The summed E-state index contributed by atoms with van der Waals surface area (Å²) in [5.74, 6) is 0.0833. The minimum atomic E-state index is -4.24. The second kappa shape index (κ2) is 4.90. The van der Waals surface area contributed by atoms with Gasteiger partial charge in [-0.1, -0.05) is 18.6 Å². The molecule has 0 radical (unpaired) electrons. The van der Waals surface area contributed by atoms with Gasteiger partial charge < -0.3 is 5.11 Å². The Kier molecular flexibility index (Phi) is 3.68. The van der Waals surface area contributed by atoms with Crippen molar-refractivity contribution >= 4 is 11.8 Å². The molecule has 2 atom stereocenters. The maximum Gasteiger partial charge on any atom is 0.446 e. The number of aliphatic hydroxyl groups excluding tert-OH is 1. The zero-order valence-corrected chi connectivity index (χ0v) is 9.89. The monoisotopic (exact) mass is 262 g/mol. The van der Waals surface area contributed by atoms with Crippen molar-refractivity contribution in [1.82, 2.24) is 0 Å². The molecule has 1 aromatic rings. The standard InChI is InChI=1S/C12H13F3OS/c13-12(14,15)17-9-6-4-8(5-7-9)10-2-1-3-11(10)16/h4-7,10-11,16H,1-3H2. The van der Waals surface area contributed by atoms with Crippen molar-refractivity contribution in [2.75, 3.05) is 0 Å². The quantitative estimate of drug-likeness (QED) is 0.815. The van der Waals surface area contributed by atoms with Crippen LogP contribution in [0, 0.1) is 0 Å². The lowest BCUT2D eigenvalue weighted by atomic mass is 9.96. The number of alkyl halides is 3. The molecule has 1 aromatic carbocycles. The minimum absolute atomic E-state index is 0.0833. The molecule has 0 amide bonds. The Hall–Kier alpha value is -0.680. The fraction of sp³-hybridized carbons (Fsp3) is 0.500. The van der Waals surface area contributed by atoms with E-state index in [4.69, 9.17) is 0 Å². The van der Waals surface area contributed by atoms with Crippen LogP contribution in [-0.4, -0.2) is 16.7 Å². The van der Waals surface area contributed by atoms with E-state index in [2.05, 4.69) is 0 Å². The fourth-order valence-electron chi connectivity index (χ4n) is 2.25. The molecule has 1 nitrogen and oxygen atoms in total. The first-order valence-electron chi connectivity index (χ1n) is 5.49. The second-order valence-corrected chi connectivity index (χ2v) is 5.36. The van der Waals surface area contributed by atoms with Gasteiger partial charge in [0.2, 0.25) is 0 Å². The SMILES string of the molecule is OC1CCCC1c1ccc(SC(F)(F)F)cc1. The highest BCUT2D eigenvalue weighted by Gasteiger charge is 2.30. The van der Waals surface area contributed by atoms with E-state index in [1.165, 1.54) is 12.1 Å². The Morgan fingerprint density at radius 2 is 1.76 bits per heavy atom. The lowest BCUT2D eigenvalue weighted by Gasteiger charge is -2.15. The zero-order chi connectivity index (χ0) is 12.5. The zero-order valence-electron chi connectivity index (χ0n) is 9.07. The number of thioether (sulfide) groups is 1. The Morgan fingerprint density at radius 3 is 2.24 bits per heavy atom. The topological polar surface area (TPSA) is 20.2 Å². The molecule has 1 aliphatic carbocycles. The van der Waals surface area contributed by atoms with Crippen LogP contribution >= 0.6 is 11.8 Å². The summed E-state index contributed by atoms with van der Waals surface area (Å²) in [6.07, 6.45) is 2.32. The van der Waals surface area contributed by atoms with E-state index < -0.39 is 5.51 Å². The van der Waals surface area contributed by atoms with E-state index in [1.54, 1.807) is 12.1 Å². The Morgan fingerprint density at radius 1 is 1.12 bits per heavy atom. The van der Waals surface area contributed by atoms with E-state index >= 15 is 0 Å². The van der Waals surface area contributed by atoms with Crippen molar-refractivity contribution < 1.29 is 18.3 Å². The van der Waals surface area contributed by atoms with E-state index in [0.717, 1.165) is 24.8 Å². The van der Waals surface area contributed by atoms with Gasteiger partial charge in [-0.05, 0) is 42.3 Å². The molecule has 2 unspecified atom stereocenters. The van der Waals surface area contributed by atoms with Gasteiger partial charge in [-0.15, -0.1) is 0 Å². The van der Waals surface area contributed by atoms with Gasteiger partial charge in [-0.25, -0.2) is 0 Å². The van der Waals surface area contributed by atoms with Crippen LogP contribution in [-0.2, 0) is 0 Å². The van der Waals surface area contributed by atoms with Gasteiger partial charge in [0, 0.05) is 10.8 Å². The third-order valence-electron chi connectivity index (χ3n) is 3.02. The van der Waals surface area contributed by atoms with Crippen LogP contribution in [0.15, 0.2) is 29.2 Å². The van der Waals surface area contributed by atoms with Crippen LogP contribution in [0.2, 0.25) is 0 Å². The maximum atomic E-state index is 12.1. The summed E-state index contributed by atoms with van der Waals surface area (Å²) in [6.45, 7) is 0. The van der Waals surface area contributed by atoms with Crippen molar-refractivity contribution in [2.24, 2.45) is 0 Å². The fourth-order valence-corrected chi connectivity index (χ4v) is 2.79. The molecule has 2 rings (SSSR count). The Balaban J connectivity index is 2.07. The molecule has 1 aliphatic rings. The lowest BCUT2D eigenvalue weighted by molar-refractivity contribution is -0.0328. The van der Waals surface area contributed by atoms with Gasteiger partial charge in [0.05, 0.1) is 6.10 Å². The molecule has 0 aromatic heterocycles. The number of aliphatic hydroxyl groups is 1. The first-order valence-corrected chi connectivity index (χ1v) is 6.31. The molecule has 94 valence electrons. The van der Waals surface area contributed by atoms with Crippen LogP contribution in [0.1, 0.15) is 30.7 Å². The van der Waals surface area contributed by atoms with Crippen LogP contribution in [0.25, 0.3) is 0 Å². The molecule has 0 saturated heterocycles. The summed E-state index contributed by atoms with van der Waals surface area (Å²) in [5.41, 5.74) is -3.31. The molecule has 0 spiro atoms. The molecule has 5 heteroatoms. The largest absolute Gasteiger partial charge is 0.446 e. The molecule has 0 heterocycles. The van der Waals surface area contributed by atoms with Crippen LogP contribution in [0.4, 0.5) is 13.2 Å². The van der Waals surface area contributed by atoms with Crippen molar-refractivity contribution in [3.8, 4) is 0 Å². The summed E-state index contributed by atoms with van der Waals surface area (Å²) in [5, 5.41) is 9.71. The molecule has 1 N–H and O–H groups in total. The first kappa shape index (κ1) is 12.8. The van der Waals surface area contributed by atoms with Crippen molar-refractivity contribution in [3.63, 3.8) is 0 Å². The minimum Gasteiger partial charge on any atom is -0.392 e. The molecular weight excluding hydrogens is 249 g/mol. The first-order chi connectivity index (χ1) is 7.96. The van der Waals surface area contributed by atoms with Crippen LogP contribution in [0.5, 0.6) is 0 Å². The second-order valence-electron chi connectivity index (χ2n) is 4.22. The average Bonchev–Trinajstić information content (AvgIpc) is 2.63. The van der Waals surface area contributed by atoms with Crippen molar-refractivity contribution in [2.45, 2.75) is 41.7 Å². The lowest BCUT2D eigenvalue weighted by Crippen LogP contribution is -2.10. The summed E-state index contributed by atoms with van der Waals surface area (Å²) < 4.78 is 36.4. The van der Waals surface area contributed by atoms with Gasteiger partial charge >= 0.3 is 5.51 Å². The molecule has 0 bridgehead atoms. The van der Waals surface area contributed by atoms with E-state index in [1.807, 2.05) is 0 Å². The highest BCUT2D eigenvalue weighted by molar-refractivity contribution is 8.00. The van der Waals surface area contributed by atoms with Gasteiger partial charge in [0.15, 0.2) is 0 Å². The summed E-state index contributed by atoms with van der Waals surface area (Å²) >= 11 is -0.110. The molecule has 17 heavy (non-hydrogen) atoms. The third-order valence-corrected chi connectivity index (χ3v) is 3.76. The maximum absolute atomic E-state index is 12.1. The average molecular weight is 262 g/mol. The highest BCUT2D eigenvalue weighted by atomic mass is 32.2. The van der Waals surface area contributed by atoms with Crippen molar-refractivity contribution in [3.05, 3.63) is 29.8 Å². The predicted octanol–water partition coefficient (Wildman–Crippen LogP) is 3.93. The number of hydrogen-bond acceptors (Lipinski definition) is 2. The number of rotatable bonds is 2. The van der Waals surface area contributed by atoms with Crippen LogP contribution in [0.3, 0.4) is 0 Å². The van der Waals surface area contributed by atoms with Gasteiger partial charge in [0.1, 0.15) is 0 Å². The number of halogens is 3. The predicted molar refractivity (Wildman–Crippen MR) is 61.0 cm³/mol. The van der Waals surface area contributed by atoms with E-state index in [-0.39, 0.29) is 28.7 Å². The van der Waals surface area contributed by atoms with Gasteiger partial charge in [-0.3, -0.25) is 0 Å². The summed E-state index contributed by atoms with van der Waals surface area (Å²) in [4.78, 5) is 0.189. The Bertz CT molecular complexity index is 374. The molecule has 0 aliphatic heterocycles. The smallest absolute Gasteiger partial charge is 0.392 e. The van der Waals surface area contributed by atoms with Crippen LogP contribution < -0.4 is 0 Å². The molecule has 1 saturated carbocycles. The molecular formula is C12H13F3OS. The summed E-state index contributed by atoms with van der Waals surface area (Å²) in [7, 11) is 0. The number of hydrogen-bond donors (Lipinski definition) is 1. The number of benzene rings is 1. The van der Waals surface area contributed by atoms with E-state index in [0.29, 0.717) is 0 Å².